The molecule has 7 nitrogen and oxygen atoms in total. The zero-order valence-corrected chi connectivity index (χ0v) is 82.7. The monoisotopic (exact) mass is 1670 g/mol. The van der Waals surface area contributed by atoms with E-state index in [9.17, 15) is 13.2 Å². The Hall–Kier alpha value is -4.38. The highest BCUT2D eigenvalue weighted by molar-refractivity contribution is 7.12. The fourth-order valence-electron chi connectivity index (χ4n) is 13.8. The second-order valence-electron chi connectivity index (χ2n) is 32.2. The summed E-state index contributed by atoms with van der Waals surface area (Å²) in [7, 11) is 0. The highest BCUT2D eigenvalue weighted by Crippen LogP contribution is 2.53. The average Bonchev–Trinajstić information content (AvgIpc) is 1.81. The smallest absolute Gasteiger partial charge is 0.346 e. The molecule has 117 heavy (non-hydrogen) atoms. The number of pyridine rings is 1. The number of halogens is 3. The lowest BCUT2D eigenvalue weighted by Gasteiger charge is -2.33. The van der Waals surface area contributed by atoms with Gasteiger partial charge in [0.15, 0.2) is 0 Å². The van der Waals surface area contributed by atoms with Crippen LogP contribution in [0.15, 0.2) is 84.5 Å². The summed E-state index contributed by atoms with van der Waals surface area (Å²) in [5.41, 5.74) is 6.89. The molecule has 0 bridgehead atoms. The maximum Gasteiger partial charge on any atom is 0.416 e. The summed E-state index contributed by atoms with van der Waals surface area (Å²) in [6, 6.07) is 13.1. The Labute approximate surface area is 733 Å². The predicted octanol–water partition coefficient (Wildman–Crippen LogP) is 32.5. The van der Waals surface area contributed by atoms with E-state index in [1.165, 1.54) is 288 Å². The molecular formula is C105H188F3N7S2. The molecular weight excluding hydrogens is 1480 g/mol. The Morgan fingerprint density at radius 1 is 0.444 bits per heavy atom. The van der Waals surface area contributed by atoms with E-state index in [0.717, 1.165) is 104 Å². The number of nitrogens with zero attached hydrogens (tertiary/aromatic N) is 6. The molecule has 2 aliphatic carbocycles. The molecule has 6 heterocycles. The van der Waals surface area contributed by atoms with Gasteiger partial charge in [-0.25, -0.2) is 9.97 Å². The first-order chi connectivity index (χ1) is 56.6. The highest BCUT2D eigenvalue weighted by atomic mass is 32.1. The van der Waals surface area contributed by atoms with Crippen LogP contribution in [-0.4, -0.2) is 93.5 Å². The van der Waals surface area contributed by atoms with Crippen LogP contribution < -0.4 is 0 Å². The van der Waals surface area contributed by atoms with Gasteiger partial charge < -0.3 is 19.7 Å². The molecule has 4 aromatic heterocycles. The van der Waals surface area contributed by atoms with Gasteiger partial charge in [-0.05, 0) is 251 Å². The molecule has 0 spiro atoms. The lowest BCUT2D eigenvalue weighted by Crippen LogP contribution is -2.46. The zero-order valence-electron chi connectivity index (χ0n) is 81.1. The fourth-order valence-corrected chi connectivity index (χ4v) is 15.7. The van der Waals surface area contributed by atoms with Crippen LogP contribution in [0.4, 0.5) is 13.2 Å². The number of likely N-dealkylation sites (N-methyl/N-ethyl adjacent to an activating group) is 1. The number of allylic oxidation sites excluding steroid dienone is 4. The van der Waals surface area contributed by atoms with Crippen molar-refractivity contribution in [3.8, 4) is 11.8 Å². The second kappa shape index (κ2) is 81.3. The van der Waals surface area contributed by atoms with Crippen molar-refractivity contribution in [2.24, 2.45) is 23.2 Å². The number of piperidine rings is 1. The van der Waals surface area contributed by atoms with Crippen molar-refractivity contribution in [2.45, 2.75) is 429 Å². The Balaban J connectivity index is -0.00000122. The molecule has 676 valence electrons. The molecule has 4 aliphatic rings. The summed E-state index contributed by atoms with van der Waals surface area (Å²) in [5, 5.41) is 3.45. The number of unbranched alkanes of at least 4 members (excludes halogenated alkanes) is 5. The number of hydrogen-bond donors (Lipinski definition) is 1. The van der Waals surface area contributed by atoms with E-state index in [2.05, 4.69) is 253 Å². The molecule has 2 saturated heterocycles. The molecule has 1 N–H and O–H groups in total. The average molecular weight is 1670 g/mol. The van der Waals surface area contributed by atoms with Crippen LogP contribution in [0.3, 0.4) is 0 Å². The lowest BCUT2D eigenvalue weighted by atomic mass is 9.80. The quantitative estimate of drug-likeness (QED) is 0.0334. The molecule has 2 saturated carbocycles. The Morgan fingerprint density at radius 2 is 0.915 bits per heavy atom. The van der Waals surface area contributed by atoms with Gasteiger partial charge in [0.1, 0.15) is 5.82 Å². The van der Waals surface area contributed by atoms with Gasteiger partial charge in [0.05, 0.1) is 16.3 Å². The molecule has 2 aliphatic heterocycles. The van der Waals surface area contributed by atoms with E-state index in [0.29, 0.717) is 12.8 Å². The number of piperazine rings is 1. The number of thiophene rings is 1. The number of nitrogens with one attached hydrogen (secondary N) is 1. The number of rotatable bonds is 33. The Kier molecular flexibility index (Phi) is 81.1. The SMILES string of the molecule is CC/C=C\CCC.CCC/C=C/CCC.CCC1CCC(CC)CC1.CCC1CCN(CC)CC1.CCCC#CCCC.CCCC1(CCC)CC1.CCCN1CCN(CC)CC1.CCCc1cc(CCC)cc(C(F)(F)F)c1.CCCc1nc(CC)cs1.CCc1ccc(CC)nc1.CCc1ccc(CC)s1.CCc1cnc(CC)[nH]1. The topological polar surface area (TPSA) is 64.2 Å². The summed E-state index contributed by atoms with van der Waals surface area (Å²) in [6.45, 7) is 64.1. The Bertz CT molecular complexity index is 2810. The van der Waals surface area contributed by atoms with E-state index < -0.39 is 11.7 Å². The number of thiazole rings is 1. The third-order valence-corrected chi connectivity index (χ3v) is 24.3. The number of imidazole rings is 1. The molecule has 1 aromatic carbocycles. The van der Waals surface area contributed by atoms with E-state index >= 15 is 0 Å². The summed E-state index contributed by atoms with van der Waals surface area (Å²) in [5.74, 6) is 10.4. The van der Waals surface area contributed by atoms with Crippen molar-refractivity contribution in [1.82, 2.24) is 34.6 Å². The largest absolute Gasteiger partial charge is 0.416 e. The van der Waals surface area contributed by atoms with Gasteiger partial charge in [-0.3, -0.25) is 4.98 Å². The van der Waals surface area contributed by atoms with E-state index in [1.807, 2.05) is 43.6 Å². The highest BCUT2D eigenvalue weighted by Gasteiger charge is 2.40. The minimum atomic E-state index is -4.23. The van der Waals surface area contributed by atoms with E-state index in [-0.39, 0.29) is 0 Å². The normalized spacial score (nSPS) is 15.5. The zero-order chi connectivity index (χ0) is 88.0. The molecule has 5 aromatic rings. The number of aromatic amines is 1. The number of likely N-dealkylation sites (tertiary alicyclic amines) is 1. The third-order valence-electron chi connectivity index (χ3n) is 22.0. The summed E-state index contributed by atoms with van der Waals surface area (Å²) < 4.78 is 37.9. The van der Waals surface area contributed by atoms with E-state index in [1.54, 1.807) is 11.3 Å². The van der Waals surface area contributed by atoms with Crippen LogP contribution >= 0.6 is 22.7 Å². The second-order valence-corrected chi connectivity index (χ2v) is 34.4. The van der Waals surface area contributed by atoms with E-state index in [4.69, 9.17) is 0 Å². The summed E-state index contributed by atoms with van der Waals surface area (Å²) in [4.78, 5) is 26.7. The van der Waals surface area contributed by atoms with Crippen LogP contribution in [-0.2, 0) is 70.4 Å². The van der Waals surface area contributed by atoms with Gasteiger partial charge in [-0.1, -0.05) is 292 Å². The molecule has 0 amide bonds. The lowest BCUT2D eigenvalue weighted by molar-refractivity contribution is -0.137. The molecule has 0 unspecified atom stereocenters. The Morgan fingerprint density at radius 3 is 1.24 bits per heavy atom. The first-order valence-electron chi connectivity index (χ1n) is 48.7. The number of hydrogen-bond acceptors (Lipinski definition) is 8. The van der Waals surface area contributed by atoms with Crippen molar-refractivity contribution < 1.29 is 13.2 Å². The summed E-state index contributed by atoms with van der Waals surface area (Å²) in [6.07, 6.45) is 58.2. The number of alkyl halides is 3. The van der Waals surface area contributed by atoms with Crippen molar-refractivity contribution in [1.29, 1.82) is 0 Å². The van der Waals surface area contributed by atoms with Gasteiger partial charge in [0, 0.05) is 84.4 Å². The fraction of sp³-hybridized carbons (Fsp3) is 0.743. The number of aromatic nitrogens is 4. The van der Waals surface area contributed by atoms with Gasteiger partial charge >= 0.3 is 6.18 Å². The molecule has 4 fully saturated rings. The van der Waals surface area contributed by atoms with Crippen LogP contribution in [0.25, 0.3) is 0 Å². The molecule has 9 rings (SSSR count). The van der Waals surface area contributed by atoms with Crippen molar-refractivity contribution in [2.75, 3.05) is 58.9 Å². The number of aryl methyl sites for hydroxylation is 10. The van der Waals surface area contributed by atoms with Crippen molar-refractivity contribution in [3.63, 3.8) is 0 Å². The van der Waals surface area contributed by atoms with Crippen LogP contribution in [0.1, 0.15) is 419 Å². The summed E-state index contributed by atoms with van der Waals surface area (Å²) >= 11 is 3.72. The van der Waals surface area contributed by atoms with Crippen LogP contribution in [0.5, 0.6) is 0 Å². The van der Waals surface area contributed by atoms with Crippen LogP contribution in [0, 0.1) is 35.0 Å². The van der Waals surface area contributed by atoms with Crippen LogP contribution in [0.2, 0.25) is 0 Å². The number of H-pyrrole nitrogens is 1. The van der Waals surface area contributed by atoms with Gasteiger partial charge in [-0.2, -0.15) is 13.2 Å². The van der Waals surface area contributed by atoms with Gasteiger partial charge in [0.25, 0.3) is 0 Å². The van der Waals surface area contributed by atoms with Gasteiger partial charge in [0.2, 0.25) is 0 Å². The maximum atomic E-state index is 12.6. The minimum absolute atomic E-state index is 0.512. The van der Waals surface area contributed by atoms with Gasteiger partial charge in [-0.15, -0.1) is 34.5 Å². The third kappa shape index (κ3) is 65.0. The first kappa shape index (κ1) is 117. The maximum absolute atomic E-state index is 12.6. The standard InChI is InChI=1S/C13H17F3.C10H20.C9H20N2.C9H19N.C9H13N.C9H18.C8H13NS.C8H12S.C8H16.C8H14.C7H12N2.C7H14/c1-3-5-10-7-11(6-4-2)9-12(8-10)13(14,15)16;1-3-9-5-7-10(4-2)8-6-9;1-3-5-11-8-6-10(4-2)7-9-11;1-3-9-5-7-10(4-2)8-6-9;1-3-8-5-6-9(4-2)10-7-8;1-3-5-9(6-4-2)7-8-9;1-3-5-8-9-7(4-2)6-10-8;1-3-7-5-6-8(4-2)9-7;2*1-3-5-7-8-6-4-2;1-3-6-5-8-7(4-2)9-6;1-3-5-7-6-4-2/h7-9H,3-6H2,1-2H3;9-10H,3-8H2,1-2H3;3-9H2,1-2H3;9H,3-8H2,1-2H3;5-7H,3-4H2,1-2H3;3-8H2,1-2H3;6H,3-5H2,1-2H3;5-6H,3-4H2,1-2H3;7-8H,3-6H2,1-2H3;3-6H2,1-2H3;5H,3-4H2,1-2H3,(H,8,9);5,7H,3-4,6H2,1-2H3/b;;;;;;;;8-7+;;;7-5-. The minimum Gasteiger partial charge on any atom is -0.346 e. The first-order valence-corrected chi connectivity index (χ1v) is 50.4. The number of benzene rings is 1. The molecule has 0 atom stereocenters. The molecule has 12 heteroatoms. The molecule has 0 radical (unpaired) electrons. The van der Waals surface area contributed by atoms with Crippen molar-refractivity contribution >= 4 is 22.7 Å². The predicted molar refractivity (Wildman–Crippen MR) is 521 cm³/mol. The van der Waals surface area contributed by atoms with Crippen molar-refractivity contribution in [3.05, 3.63) is 144 Å².